The Bertz CT molecular complexity index is 826. The summed E-state index contributed by atoms with van der Waals surface area (Å²) in [7, 11) is 0. The Morgan fingerprint density at radius 3 is 2.10 bits per heavy atom. The van der Waals surface area contributed by atoms with Crippen molar-refractivity contribution in [2.24, 2.45) is 0 Å². The van der Waals surface area contributed by atoms with E-state index in [2.05, 4.69) is 12.2 Å². The predicted molar refractivity (Wildman–Crippen MR) is 119 cm³/mol. The van der Waals surface area contributed by atoms with Crippen LogP contribution in [0.2, 0.25) is 10.0 Å². The summed E-state index contributed by atoms with van der Waals surface area (Å²) in [5.74, 6) is -0.295. The van der Waals surface area contributed by atoms with Crippen molar-refractivity contribution in [3.63, 3.8) is 0 Å². The van der Waals surface area contributed by atoms with Gasteiger partial charge in [0.25, 0.3) is 0 Å². The normalized spacial score (nSPS) is 11.7. The van der Waals surface area contributed by atoms with E-state index in [0.29, 0.717) is 23.0 Å². The van der Waals surface area contributed by atoms with Crippen LogP contribution in [0, 0.1) is 0 Å². The number of amides is 2. The maximum absolute atomic E-state index is 13.3. The molecular weight excluding hydrogens is 407 g/mol. The van der Waals surface area contributed by atoms with E-state index >= 15 is 0 Å². The summed E-state index contributed by atoms with van der Waals surface area (Å²) < 4.78 is 0. The van der Waals surface area contributed by atoms with Crippen LogP contribution in [0.3, 0.4) is 0 Å². The van der Waals surface area contributed by atoms with E-state index < -0.39 is 6.04 Å². The van der Waals surface area contributed by atoms with E-state index in [1.165, 1.54) is 0 Å². The summed E-state index contributed by atoms with van der Waals surface area (Å²) in [6.07, 6.45) is 2.53. The summed E-state index contributed by atoms with van der Waals surface area (Å²) in [5.41, 5.74) is 1.55. The van der Waals surface area contributed by atoms with Crippen LogP contribution in [0.4, 0.5) is 0 Å². The van der Waals surface area contributed by atoms with Crippen molar-refractivity contribution in [1.29, 1.82) is 0 Å². The highest BCUT2D eigenvalue weighted by atomic mass is 35.5. The average Bonchev–Trinajstić information content (AvgIpc) is 2.71. The molecule has 0 saturated heterocycles. The van der Waals surface area contributed by atoms with E-state index in [-0.39, 0.29) is 24.8 Å². The molecule has 4 nitrogen and oxygen atoms in total. The topological polar surface area (TPSA) is 49.4 Å². The second kappa shape index (κ2) is 11.8. The van der Waals surface area contributed by atoms with Gasteiger partial charge in [0, 0.05) is 23.1 Å². The highest BCUT2D eigenvalue weighted by molar-refractivity contribution is 6.31. The van der Waals surface area contributed by atoms with Gasteiger partial charge < -0.3 is 10.2 Å². The molecule has 0 heterocycles. The molecule has 2 rings (SSSR count). The Balaban J connectivity index is 2.28. The van der Waals surface area contributed by atoms with Gasteiger partial charge in [-0.2, -0.15) is 0 Å². The summed E-state index contributed by atoms with van der Waals surface area (Å²) in [4.78, 5) is 27.7. The van der Waals surface area contributed by atoms with Gasteiger partial charge in [0.1, 0.15) is 6.04 Å². The zero-order valence-corrected chi connectivity index (χ0v) is 18.5. The van der Waals surface area contributed by atoms with Gasteiger partial charge >= 0.3 is 0 Å². The third kappa shape index (κ3) is 6.76. The van der Waals surface area contributed by atoms with Crippen molar-refractivity contribution in [3.8, 4) is 0 Å². The van der Waals surface area contributed by atoms with Gasteiger partial charge in [-0.25, -0.2) is 0 Å². The van der Waals surface area contributed by atoms with Gasteiger partial charge in [0.2, 0.25) is 11.8 Å². The lowest BCUT2D eigenvalue weighted by molar-refractivity contribution is -0.140. The fourth-order valence-electron chi connectivity index (χ4n) is 3.14. The molecule has 6 heteroatoms. The number of carbonyl (C=O) groups excluding carboxylic acids is 2. The number of rotatable bonds is 10. The molecule has 0 bridgehead atoms. The quantitative estimate of drug-likeness (QED) is 0.518. The smallest absolute Gasteiger partial charge is 0.242 e. The average molecular weight is 435 g/mol. The minimum absolute atomic E-state index is 0.128. The highest BCUT2D eigenvalue weighted by Gasteiger charge is 2.29. The van der Waals surface area contributed by atoms with E-state index in [1.54, 1.807) is 17.0 Å². The van der Waals surface area contributed by atoms with Crippen LogP contribution >= 0.6 is 23.2 Å². The number of hydrogen-bond donors (Lipinski definition) is 1. The summed E-state index contributed by atoms with van der Waals surface area (Å²) in [6.45, 7) is 4.85. The number of halogens is 2. The minimum atomic E-state index is -0.571. The maximum atomic E-state index is 13.3. The first-order valence-corrected chi connectivity index (χ1v) is 10.8. The Morgan fingerprint density at radius 1 is 0.966 bits per heavy atom. The number of nitrogens with zero attached hydrogens (tertiary/aromatic N) is 1. The molecule has 0 aromatic heterocycles. The Hall–Kier alpha value is -2.04. The molecule has 0 saturated carbocycles. The lowest BCUT2D eigenvalue weighted by Crippen LogP contribution is -2.49. The van der Waals surface area contributed by atoms with Gasteiger partial charge in [-0.1, -0.05) is 79.9 Å². The van der Waals surface area contributed by atoms with Crippen LogP contribution in [-0.2, 0) is 22.6 Å². The number of nitrogens with one attached hydrogen (secondary N) is 1. The maximum Gasteiger partial charge on any atom is 0.242 e. The van der Waals surface area contributed by atoms with Crippen molar-refractivity contribution in [3.05, 3.63) is 69.7 Å². The first kappa shape index (κ1) is 23.2. The van der Waals surface area contributed by atoms with Crippen LogP contribution < -0.4 is 5.32 Å². The SMILES string of the molecule is CCCCNC(=O)[C@@H](CC)N(Cc1ccccc1Cl)C(=O)Cc1ccccc1Cl. The number of hydrogen-bond acceptors (Lipinski definition) is 2. The van der Waals surface area contributed by atoms with Crippen molar-refractivity contribution in [2.45, 2.75) is 52.1 Å². The molecule has 156 valence electrons. The molecule has 0 aliphatic carbocycles. The van der Waals surface area contributed by atoms with E-state index in [0.717, 1.165) is 24.0 Å². The highest BCUT2D eigenvalue weighted by Crippen LogP contribution is 2.22. The summed E-state index contributed by atoms with van der Waals surface area (Å²) in [6, 6.07) is 14.1. The Kier molecular flexibility index (Phi) is 9.49. The lowest BCUT2D eigenvalue weighted by atomic mass is 10.1. The Morgan fingerprint density at radius 2 is 1.55 bits per heavy atom. The van der Waals surface area contributed by atoms with Gasteiger partial charge in [-0.15, -0.1) is 0 Å². The van der Waals surface area contributed by atoms with E-state index in [1.807, 2.05) is 43.3 Å². The first-order chi connectivity index (χ1) is 14.0. The van der Waals surface area contributed by atoms with Crippen LogP contribution in [-0.4, -0.2) is 29.3 Å². The lowest BCUT2D eigenvalue weighted by Gasteiger charge is -2.31. The predicted octanol–water partition coefficient (Wildman–Crippen LogP) is 5.26. The van der Waals surface area contributed by atoms with Crippen LogP contribution in [0.15, 0.2) is 48.5 Å². The molecular formula is C23H28Cl2N2O2. The molecule has 1 atom stereocenters. The molecule has 2 aromatic rings. The third-order valence-corrected chi connectivity index (χ3v) is 5.55. The fraction of sp³-hybridized carbons (Fsp3) is 0.391. The van der Waals surface area contributed by atoms with Gasteiger partial charge in [-0.05, 0) is 36.1 Å². The number of carbonyl (C=O) groups is 2. The van der Waals surface area contributed by atoms with Gasteiger partial charge in [-0.3, -0.25) is 9.59 Å². The molecule has 29 heavy (non-hydrogen) atoms. The number of unbranched alkanes of at least 4 members (excludes halogenated alkanes) is 1. The molecule has 0 aliphatic heterocycles. The molecule has 0 fully saturated rings. The van der Waals surface area contributed by atoms with Crippen molar-refractivity contribution in [2.75, 3.05) is 6.54 Å². The Labute approximate surface area is 183 Å². The van der Waals surface area contributed by atoms with E-state index in [9.17, 15) is 9.59 Å². The van der Waals surface area contributed by atoms with Crippen LogP contribution in [0.25, 0.3) is 0 Å². The zero-order valence-electron chi connectivity index (χ0n) is 17.0. The van der Waals surface area contributed by atoms with Gasteiger partial charge in [0.15, 0.2) is 0 Å². The fourth-order valence-corrected chi connectivity index (χ4v) is 3.54. The largest absolute Gasteiger partial charge is 0.354 e. The minimum Gasteiger partial charge on any atom is -0.354 e. The molecule has 0 unspecified atom stereocenters. The van der Waals surface area contributed by atoms with Crippen molar-refractivity contribution < 1.29 is 9.59 Å². The zero-order chi connectivity index (χ0) is 21.2. The molecule has 2 amide bonds. The second-order valence-electron chi connectivity index (χ2n) is 6.95. The standard InChI is InChI=1S/C23H28Cl2N2O2/c1-3-5-14-26-23(29)21(4-2)27(16-18-11-7-9-13-20(18)25)22(28)15-17-10-6-8-12-19(17)24/h6-13,21H,3-5,14-16H2,1-2H3,(H,26,29)/t21-/m1/s1. The summed E-state index contributed by atoms with van der Waals surface area (Å²) in [5, 5.41) is 4.07. The molecule has 1 N–H and O–H groups in total. The van der Waals surface area contributed by atoms with Crippen molar-refractivity contribution in [1.82, 2.24) is 10.2 Å². The van der Waals surface area contributed by atoms with Crippen molar-refractivity contribution >= 4 is 35.0 Å². The molecule has 2 aromatic carbocycles. The van der Waals surface area contributed by atoms with Gasteiger partial charge in [0.05, 0.1) is 6.42 Å². The molecule has 0 aliphatic rings. The second-order valence-corrected chi connectivity index (χ2v) is 7.76. The summed E-state index contributed by atoms with van der Waals surface area (Å²) >= 11 is 12.6. The molecule has 0 radical (unpaired) electrons. The van der Waals surface area contributed by atoms with Crippen LogP contribution in [0.5, 0.6) is 0 Å². The first-order valence-electron chi connectivity index (χ1n) is 10.0. The van der Waals surface area contributed by atoms with E-state index in [4.69, 9.17) is 23.2 Å². The number of benzene rings is 2. The monoisotopic (exact) mass is 434 g/mol. The molecule has 0 spiro atoms. The van der Waals surface area contributed by atoms with Crippen LogP contribution in [0.1, 0.15) is 44.2 Å². The third-order valence-electron chi connectivity index (χ3n) is 4.81.